The molecule has 4 rings (SSSR count). The summed E-state index contributed by atoms with van der Waals surface area (Å²) in [6.45, 7) is 2.56. The van der Waals surface area contributed by atoms with E-state index in [2.05, 4.69) is 15.5 Å². The summed E-state index contributed by atoms with van der Waals surface area (Å²) in [6.07, 6.45) is 1.28. The molecule has 0 bridgehead atoms. The smallest absolute Gasteiger partial charge is 0.262 e. The highest BCUT2D eigenvalue weighted by Gasteiger charge is 2.21. The Morgan fingerprint density at radius 2 is 2.04 bits per heavy atom. The van der Waals surface area contributed by atoms with Gasteiger partial charge in [-0.2, -0.15) is 0 Å². The quantitative estimate of drug-likeness (QED) is 0.710. The molecular formula is C18H15ClN4O4. The van der Waals surface area contributed by atoms with E-state index < -0.39 is 0 Å². The van der Waals surface area contributed by atoms with Crippen molar-refractivity contribution in [2.24, 2.45) is 0 Å². The van der Waals surface area contributed by atoms with Crippen molar-refractivity contribution in [1.82, 2.24) is 10.1 Å². The van der Waals surface area contributed by atoms with Crippen LogP contribution in [-0.4, -0.2) is 29.3 Å². The number of nitrogens with two attached hydrogens (primary N) is 1. The molecule has 1 aliphatic rings. The zero-order chi connectivity index (χ0) is 19.0. The Balaban J connectivity index is 1.66. The molecular weight excluding hydrogens is 372 g/mol. The molecule has 3 heterocycles. The fraction of sp³-hybridized carbons (Fsp3) is 0.167. The number of ether oxygens (including phenoxy) is 2. The van der Waals surface area contributed by atoms with Gasteiger partial charge in [0.25, 0.3) is 5.91 Å². The van der Waals surface area contributed by atoms with E-state index in [0.29, 0.717) is 57.9 Å². The molecule has 1 aromatic carbocycles. The minimum atomic E-state index is -0.384. The molecule has 0 saturated carbocycles. The van der Waals surface area contributed by atoms with E-state index in [1.807, 2.05) is 0 Å². The van der Waals surface area contributed by atoms with Gasteiger partial charge in [0.1, 0.15) is 36.7 Å². The molecule has 0 unspecified atom stereocenters. The Kier molecular flexibility index (Phi) is 4.33. The highest BCUT2D eigenvalue weighted by molar-refractivity contribution is 6.31. The van der Waals surface area contributed by atoms with Crippen molar-refractivity contribution >= 4 is 29.1 Å². The molecule has 0 spiro atoms. The number of amides is 1. The van der Waals surface area contributed by atoms with Crippen LogP contribution < -0.4 is 20.5 Å². The second-order valence-electron chi connectivity index (χ2n) is 5.87. The van der Waals surface area contributed by atoms with Crippen LogP contribution in [0.15, 0.2) is 35.1 Å². The molecule has 9 heteroatoms. The van der Waals surface area contributed by atoms with E-state index in [4.69, 9.17) is 31.3 Å². The van der Waals surface area contributed by atoms with E-state index in [0.717, 1.165) is 0 Å². The standard InChI is InChI=1S/C18H15ClN4O4/c1-9-13(8-27-23-9)18(24)22-15-3-2-11(17(20)21-15)12-6-10(19)7-14-16(12)26-5-4-25-14/h2-3,6-8H,4-5H2,1H3,(H3,20,21,22,24). The Hall–Kier alpha value is -3.26. The summed E-state index contributed by atoms with van der Waals surface area (Å²) in [5.41, 5.74) is 8.24. The molecule has 138 valence electrons. The number of nitrogen functional groups attached to an aromatic ring is 1. The maximum absolute atomic E-state index is 12.3. The Bertz CT molecular complexity index is 1030. The van der Waals surface area contributed by atoms with Crippen LogP contribution in [0.2, 0.25) is 5.02 Å². The summed E-state index contributed by atoms with van der Waals surface area (Å²) in [7, 11) is 0. The number of nitrogens with one attached hydrogen (secondary N) is 1. The number of benzene rings is 1. The van der Waals surface area contributed by atoms with Gasteiger partial charge in [-0.1, -0.05) is 16.8 Å². The van der Waals surface area contributed by atoms with Crippen molar-refractivity contribution in [3.8, 4) is 22.6 Å². The number of halogens is 1. The largest absolute Gasteiger partial charge is 0.486 e. The maximum atomic E-state index is 12.3. The average molecular weight is 387 g/mol. The molecule has 3 aromatic rings. The van der Waals surface area contributed by atoms with Crippen LogP contribution in [0.25, 0.3) is 11.1 Å². The highest BCUT2D eigenvalue weighted by atomic mass is 35.5. The summed E-state index contributed by atoms with van der Waals surface area (Å²) < 4.78 is 16.1. The number of fused-ring (bicyclic) bond motifs is 1. The summed E-state index contributed by atoms with van der Waals surface area (Å²) in [4.78, 5) is 16.5. The van der Waals surface area contributed by atoms with E-state index in [1.165, 1.54) is 6.26 Å². The minimum absolute atomic E-state index is 0.216. The van der Waals surface area contributed by atoms with Crippen molar-refractivity contribution < 1.29 is 18.8 Å². The molecule has 3 N–H and O–H groups in total. The number of carbonyl (C=O) groups is 1. The SMILES string of the molecule is Cc1nocc1C(=O)Nc1ccc(-c2cc(Cl)cc3c2OCCO3)c(N)n1. The molecule has 0 aliphatic carbocycles. The van der Waals surface area contributed by atoms with Gasteiger partial charge in [-0.25, -0.2) is 4.98 Å². The molecule has 0 atom stereocenters. The van der Waals surface area contributed by atoms with Gasteiger partial charge in [0, 0.05) is 22.2 Å². The van der Waals surface area contributed by atoms with Crippen molar-refractivity contribution in [2.45, 2.75) is 6.92 Å². The topological polar surface area (TPSA) is 112 Å². The zero-order valence-corrected chi connectivity index (χ0v) is 15.0. The number of carbonyl (C=O) groups excluding carboxylic acids is 1. The minimum Gasteiger partial charge on any atom is -0.486 e. The molecule has 8 nitrogen and oxygen atoms in total. The fourth-order valence-electron chi connectivity index (χ4n) is 2.79. The van der Waals surface area contributed by atoms with Crippen LogP contribution in [0.3, 0.4) is 0 Å². The summed E-state index contributed by atoms with van der Waals surface area (Å²) in [6, 6.07) is 6.81. The number of hydrogen-bond acceptors (Lipinski definition) is 7. The number of hydrogen-bond donors (Lipinski definition) is 2. The fourth-order valence-corrected chi connectivity index (χ4v) is 2.99. The van der Waals surface area contributed by atoms with Crippen LogP contribution in [0, 0.1) is 6.92 Å². The van der Waals surface area contributed by atoms with Crippen molar-refractivity contribution in [3.05, 3.63) is 46.8 Å². The van der Waals surface area contributed by atoms with E-state index in [-0.39, 0.29) is 11.7 Å². The number of nitrogens with zero attached hydrogens (tertiary/aromatic N) is 2. The van der Waals surface area contributed by atoms with Crippen molar-refractivity contribution in [1.29, 1.82) is 0 Å². The number of aryl methyl sites for hydroxylation is 1. The monoisotopic (exact) mass is 386 g/mol. The highest BCUT2D eigenvalue weighted by Crippen LogP contribution is 2.43. The first kappa shape index (κ1) is 17.2. The van der Waals surface area contributed by atoms with E-state index >= 15 is 0 Å². The van der Waals surface area contributed by atoms with Gasteiger partial charge in [0.05, 0.1) is 5.69 Å². The molecule has 0 radical (unpaired) electrons. The third-order valence-electron chi connectivity index (χ3n) is 4.06. The first-order valence-electron chi connectivity index (χ1n) is 8.11. The van der Waals surface area contributed by atoms with Crippen LogP contribution in [0.1, 0.15) is 16.1 Å². The van der Waals surface area contributed by atoms with Gasteiger partial charge in [-0.3, -0.25) is 4.79 Å². The number of aromatic nitrogens is 2. The van der Waals surface area contributed by atoms with Gasteiger partial charge in [0.15, 0.2) is 11.5 Å². The van der Waals surface area contributed by atoms with Crippen LogP contribution in [0.4, 0.5) is 11.6 Å². The Labute approximate surface area is 159 Å². The molecule has 0 fully saturated rings. The van der Waals surface area contributed by atoms with Crippen molar-refractivity contribution in [2.75, 3.05) is 24.3 Å². The number of pyridine rings is 1. The van der Waals surface area contributed by atoms with E-state index in [9.17, 15) is 4.79 Å². The van der Waals surface area contributed by atoms with Crippen molar-refractivity contribution in [3.63, 3.8) is 0 Å². The molecule has 27 heavy (non-hydrogen) atoms. The van der Waals surface area contributed by atoms with Gasteiger partial charge in [-0.05, 0) is 25.1 Å². The van der Waals surface area contributed by atoms with Gasteiger partial charge in [0.2, 0.25) is 0 Å². The van der Waals surface area contributed by atoms with Crippen LogP contribution in [-0.2, 0) is 0 Å². The summed E-state index contributed by atoms with van der Waals surface area (Å²) in [5, 5.41) is 6.84. The van der Waals surface area contributed by atoms with Gasteiger partial charge in [-0.15, -0.1) is 0 Å². The summed E-state index contributed by atoms with van der Waals surface area (Å²) >= 11 is 6.19. The lowest BCUT2D eigenvalue weighted by molar-refractivity contribution is 0.102. The maximum Gasteiger partial charge on any atom is 0.262 e. The number of anilines is 2. The number of rotatable bonds is 3. The predicted molar refractivity (Wildman–Crippen MR) is 99.3 cm³/mol. The lowest BCUT2D eigenvalue weighted by Gasteiger charge is -2.22. The Morgan fingerprint density at radius 3 is 2.78 bits per heavy atom. The average Bonchev–Trinajstić information content (AvgIpc) is 3.07. The third-order valence-corrected chi connectivity index (χ3v) is 4.28. The third kappa shape index (κ3) is 3.26. The normalized spacial score (nSPS) is 12.7. The van der Waals surface area contributed by atoms with E-state index in [1.54, 1.807) is 31.2 Å². The first-order chi connectivity index (χ1) is 13.0. The lowest BCUT2D eigenvalue weighted by atomic mass is 10.0. The summed E-state index contributed by atoms with van der Waals surface area (Å²) in [5.74, 6) is 1.26. The zero-order valence-electron chi connectivity index (χ0n) is 14.3. The first-order valence-corrected chi connectivity index (χ1v) is 8.49. The second kappa shape index (κ2) is 6.81. The lowest BCUT2D eigenvalue weighted by Crippen LogP contribution is -2.16. The van der Waals surface area contributed by atoms with Gasteiger partial charge >= 0.3 is 0 Å². The predicted octanol–water partition coefficient (Wildman–Crippen LogP) is 3.30. The molecule has 2 aromatic heterocycles. The Morgan fingerprint density at radius 1 is 1.22 bits per heavy atom. The van der Waals surface area contributed by atoms with Gasteiger partial charge < -0.3 is 25.0 Å². The molecule has 0 saturated heterocycles. The second-order valence-corrected chi connectivity index (χ2v) is 6.31. The van der Waals surface area contributed by atoms with Crippen LogP contribution >= 0.6 is 11.6 Å². The van der Waals surface area contributed by atoms with Crippen LogP contribution in [0.5, 0.6) is 11.5 Å². The molecule has 1 aliphatic heterocycles. The molecule has 1 amide bonds.